The zero-order chi connectivity index (χ0) is 35.6. The number of rotatable bonds is 5. The van der Waals surface area contributed by atoms with Gasteiger partial charge in [-0.3, -0.25) is 0 Å². The molecule has 11 aromatic rings. The summed E-state index contributed by atoms with van der Waals surface area (Å²) in [5, 5.41) is 13.0. The molecule has 0 saturated carbocycles. The summed E-state index contributed by atoms with van der Waals surface area (Å²) in [5.41, 5.74) is 12.4. The van der Waals surface area contributed by atoms with Gasteiger partial charge in [-0.15, -0.1) is 0 Å². The third-order valence-corrected chi connectivity index (χ3v) is 11.4. The molecule has 0 aliphatic rings. The Labute approximate surface area is 314 Å². The molecular weight excluding hydrogens is 649 g/mol. The van der Waals surface area contributed by atoms with Crippen molar-refractivity contribution in [1.29, 1.82) is 0 Å². The lowest BCUT2D eigenvalue weighted by atomic mass is 9.80. The fraction of sp³-hybridized carbons (Fsp3) is 0. The van der Waals surface area contributed by atoms with Gasteiger partial charge in [0.1, 0.15) is 0 Å². The fourth-order valence-corrected chi connectivity index (χ4v) is 9.12. The van der Waals surface area contributed by atoms with Gasteiger partial charge in [0, 0.05) is 0 Å². The molecule has 11 rings (SSSR count). The van der Waals surface area contributed by atoms with Crippen molar-refractivity contribution in [3.05, 3.63) is 206 Å². The second kappa shape index (κ2) is 12.3. The van der Waals surface area contributed by atoms with Crippen LogP contribution in [0, 0.1) is 0 Å². The Balaban J connectivity index is 1.27. The Bertz CT molecular complexity index is 3170. The number of benzene rings is 11. The summed E-state index contributed by atoms with van der Waals surface area (Å²) in [4.78, 5) is 0. The lowest BCUT2D eigenvalue weighted by Gasteiger charge is -2.22. The highest BCUT2D eigenvalue weighted by molar-refractivity contribution is 6.41. The molecule has 0 saturated heterocycles. The van der Waals surface area contributed by atoms with Crippen molar-refractivity contribution in [2.75, 3.05) is 0 Å². The van der Waals surface area contributed by atoms with Crippen LogP contribution in [0.5, 0.6) is 0 Å². The molecular formula is C54H34. The van der Waals surface area contributed by atoms with Crippen LogP contribution in [-0.2, 0) is 0 Å². The van der Waals surface area contributed by atoms with Crippen LogP contribution < -0.4 is 0 Å². The zero-order valence-corrected chi connectivity index (χ0v) is 29.6. The second-order valence-corrected chi connectivity index (χ2v) is 14.3. The molecule has 0 aliphatic heterocycles. The van der Waals surface area contributed by atoms with Crippen molar-refractivity contribution in [1.82, 2.24) is 0 Å². The minimum atomic E-state index is 1.22. The van der Waals surface area contributed by atoms with Crippen molar-refractivity contribution in [3.8, 4) is 55.6 Å². The summed E-state index contributed by atoms with van der Waals surface area (Å²) in [6, 6.07) is 75.9. The van der Waals surface area contributed by atoms with Crippen molar-refractivity contribution >= 4 is 53.9 Å². The van der Waals surface area contributed by atoms with Crippen LogP contribution >= 0.6 is 0 Å². The highest BCUT2D eigenvalue weighted by atomic mass is 14.3. The minimum Gasteiger partial charge on any atom is -0.0622 e. The van der Waals surface area contributed by atoms with Crippen LogP contribution in [0.4, 0.5) is 0 Å². The zero-order valence-electron chi connectivity index (χ0n) is 29.6. The molecule has 0 bridgehead atoms. The molecule has 0 aliphatic carbocycles. The van der Waals surface area contributed by atoms with Crippen molar-refractivity contribution in [2.24, 2.45) is 0 Å². The van der Waals surface area contributed by atoms with Gasteiger partial charge >= 0.3 is 0 Å². The van der Waals surface area contributed by atoms with Gasteiger partial charge in [0.15, 0.2) is 0 Å². The monoisotopic (exact) mass is 682 g/mol. The van der Waals surface area contributed by atoms with Crippen LogP contribution in [0.1, 0.15) is 0 Å². The lowest BCUT2D eigenvalue weighted by molar-refractivity contribution is 1.58. The predicted molar refractivity (Wildman–Crippen MR) is 232 cm³/mol. The molecule has 0 amide bonds. The molecule has 0 radical (unpaired) electrons. The maximum absolute atomic E-state index is 2.42. The van der Waals surface area contributed by atoms with E-state index in [9.17, 15) is 0 Å². The molecule has 0 aromatic heterocycles. The van der Waals surface area contributed by atoms with E-state index in [1.165, 1.54) is 109 Å². The molecule has 54 heavy (non-hydrogen) atoms. The number of fused-ring (bicyclic) bond motifs is 4. The summed E-state index contributed by atoms with van der Waals surface area (Å²) < 4.78 is 0. The van der Waals surface area contributed by atoms with E-state index < -0.39 is 0 Å². The Morgan fingerprint density at radius 3 is 1.35 bits per heavy atom. The average molecular weight is 683 g/mol. The lowest BCUT2D eigenvalue weighted by Crippen LogP contribution is -1.95. The van der Waals surface area contributed by atoms with E-state index in [1.54, 1.807) is 0 Å². The molecule has 0 spiro atoms. The molecule has 0 heteroatoms. The first-order chi connectivity index (χ1) is 26.8. The standard InChI is InChI=1S/C54H34/c1-4-16-35(17-5-1)38-30-31-40(37-20-8-3-9-21-37)50(34-38)52-44-24-12-13-25-46(44)54-49-33-32-42(41-23-11-10-22-39(41)36-18-6-2-7-19-36)43-26-14-27-45(51(43)49)47-28-15-29-48(52)53(47)54/h1-34H. The summed E-state index contributed by atoms with van der Waals surface area (Å²) in [5.74, 6) is 0. The SMILES string of the molecule is c1ccc(-c2ccc(-c3ccccc3)c(-c3c4ccccc4c4c5ccc(-c6ccccc6-c6ccccc6)c6cccc(c7cccc3c74)c65)c2)cc1. The van der Waals surface area contributed by atoms with E-state index in [4.69, 9.17) is 0 Å². The normalized spacial score (nSPS) is 11.7. The second-order valence-electron chi connectivity index (χ2n) is 14.3. The van der Waals surface area contributed by atoms with Crippen LogP contribution in [0.2, 0.25) is 0 Å². The average Bonchev–Trinajstić information content (AvgIpc) is 3.25. The van der Waals surface area contributed by atoms with E-state index in [-0.39, 0.29) is 0 Å². The summed E-state index contributed by atoms with van der Waals surface area (Å²) >= 11 is 0. The van der Waals surface area contributed by atoms with Crippen molar-refractivity contribution < 1.29 is 0 Å². The van der Waals surface area contributed by atoms with E-state index in [0.717, 1.165) is 0 Å². The number of hydrogen-bond acceptors (Lipinski definition) is 0. The van der Waals surface area contributed by atoms with Gasteiger partial charge in [-0.2, -0.15) is 0 Å². The van der Waals surface area contributed by atoms with E-state index >= 15 is 0 Å². The summed E-state index contributed by atoms with van der Waals surface area (Å²) in [6.07, 6.45) is 0. The minimum absolute atomic E-state index is 1.22. The maximum atomic E-state index is 2.42. The van der Waals surface area contributed by atoms with Gasteiger partial charge in [0.2, 0.25) is 0 Å². The van der Waals surface area contributed by atoms with Crippen molar-refractivity contribution in [2.45, 2.75) is 0 Å². The smallest absolute Gasteiger partial charge is 0.00137 e. The third kappa shape index (κ3) is 4.64. The molecule has 0 nitrogen and oxygen atoms in total. The predicted octanol–water partition coefficient (Wildman–Crippen LogP) is 15.2. The highest BCUT2D eigenvalue weighted by Gasteiger charge is 2.23. The summed E-state index contributed by atoms with van der Waals surface area (Å²) in [7, 11) is 0. The molecule has 0 unspecified atom stereocenters. The van der Waals surface area contributed by atoms with Crippen LogP contribution in [-0.4, -0.2) is 0 Å². The maximum Gasteiger partial charge on any atom is -0.00137 e. The van der Waals surface area contributed by atoms with Crippen LogP contribution in [0.25, 0.3) is 109 Å². The first-order valence-electron chi connectivity index (χ1n) is 18.8. The molecule has 0 atom stereocenters. The Hall–Kier alpha value is -7.02. The molecule has 11 aromatic carbocycles. The first kappa shape index (κ1) is 30.6. The van der Waals surface area contributed by atoms with E-state index in [0.29, 0.717) is 0 Å². The summed E-state index contributed by atoms with van der Waals surface area (Å²) in [6.45, 7) is 0. The largest absolute Gasteiger partial charge is 0.0622 e. The van der Waals surface area contributed by atoms with Gasteiger partial charge in [0.25, 0.3) is 0 Å². The first-order valence-corrected chi connectivity index (χ1v) is 18.8. The Morgan fingerprint density at radius 1 is 0.185 bits per heavy atom. The van der Waals surface area contributed by atoms with Gasteiger partial charge in [-0.05, 0) is 116 Å². The fourth-order valence-electron chi connectivity index (χ4n) is 9.12. The topological polar surface area (TPSA) is 0 Å². The Kier molecular flexibility index (Phi) is 6.97. The quantitative estimate of drug-likeness (QED) is 0.125. The van der Waals surface area contributed by atoms with Crippen LogP contribution in [0.3, 0.4) is 0 Å². The van der Waals surface area contributed by atoms with E-state index in [2.05, 4.69) is 206 Å². The highest BCUT2D eigenvalue weighted by Crippen LogP contribution is 2.51. The molecule has 250 valence electrons. The van der Waals surface area contributed by atoms with Crippen LogP contribution in [0.15, 0.2) is 206 Å². The van der Waals surface area contributed by atoms with Crippen molar-refractivity contribution in [3.63, 3.8) is 0 Å². The van der Waals surface area contributed by atoms with Gasteiger partial charge in [-0.25, -0.2) is 0 Å². The Morgan fingerprint density at radius 2 is 0.648 bits per heavy atom. The molecule has 0 heterocycles. The van der Waals surface area contributed by atoms with Gasteiger partial charge in [-0.1, -0.05) is 200 Å². The molecule has 0 fully saturated rings. The molecule has 0 N–H and O–H groups in total. The van der Waals surface area contributed by atoms with Gasteiger partial charge in [0.05, 0.1) is 0 Å². The van der Waals surface area contributed by atoms with Gasteiger partial charge < -0.3 is 0 Å². The van der Waals surface area contributed by atoms with E-state index in [1.807, 2.05) is 0 Å². The third-order valence-electron chi connectivity index (χ3n) is 11.4. The number of hydrogen-bond donors (Lipinski definition) is 0.